The minimum Gasteiger partial charge on any atom is -0.311 e. The lowest BCUT2D eigenvalue weighted by atomic mass is 10.0. The van der Waals surface area contributed by atoms with E-state index in [2.05, 4.69) is 0 Å². The van der Waals surface area contributed by atoms with E-state index in [-0.39, 0.29) is 11.5 Å². The minimum absolute atomic E-state index is 0.00818. The highest BCUT2D eigenvalue weighted by Gasteiger charge is 2.59. The van der Waals surface area contributed by atoms with Crippen molar-refractivity contribution in [1.29, 1.82) is 0 Å². The molecule has 0 radical (unpaired) electrons. The van der Waals surface area contributed by atoms with Crippen molar-refractivity contribution in [1.82, 2.24) is 4.90 Å². The molecular formula is C24H19FN2O2S. The van der Waals surface area contributed by atoms with Crippen LogP contribution in [-0.2, 0) is 16.2 Å². The zero-order valence-corrected chi connectivity index (χ0v) is 16.9. The average molecular weight is 418 g/mol. The van der Waals surface area contributed by atoms with Gasteiger partial charge in [0.05, 0.1) is 17.8 Å². The standard InChI is InChI=1S/C24H19FN2O2S/c25-20-12-6-4-10-18(20)22(28)27-14-15-30-24(27)19-11-5-7-13-21(19)26(23(24)29)16-17-8-2-1-3-9-17/h1-13H,14-16H2/t24-/m1/s1. The van der Waals surface area contributed by atoms with Gasteiger partial charge in [-0.3, -0.25) is 9.59 Å². The van der Waals surface area contributed by atoms with Crippen molar-refractivity contribution in [2.75, 3.05) is 17.2 Å². The Morgan fingerprint density at radius 1 is 0.967 bits per heavy atom. The molecule has 0 aromatic heterocycles. The van der Waals surface area contributed by atoms with Crippen LogP contribution >= 0.6 is 11.8 Å². The number of carbonyl (C=O) groups is 2. The molecule has 3 aromatic rings. The highest BCUT2D eigenvalue weighted by molar-refractivity contribution is 8.01. The van der Waals surface area contributed by atoms with Gasteiger partial charge in [-0.05, 0) is 23.8 Å². The fraction of sp³-hybridized carbons (Fsp3) is 0.167. The Morgan fingerprint density at radius 3 is 2.47 bits per heavy atom. The Labute approximate surface area is 178 Å². The Bertz CT molecular complexity index is 1140. The molecule has 1 atom stereocenters. The summed E-state index contributed by atoms with van der Waals surface area (Å²) < 4.78 is 14.4. The summed E-state index contributed by atoms with van der Waals surface area (Å²) in [5.74, 6) is -0.573. The number of fused-ring (bicyclic) bond motifs is 2. The number of rotatable bonds is 3. The molecule has 4 nitrogen and oxygen atoms in total. The van der Waals surface area contributed by atoms with Gasteiger partial charge in [-0.15, -0.1) is 11.8 Å². The van der Waals surface area contributed by atoms with Crippen LogP contribution in [0.3, 0.4) is 0 Å². The van der Waals surface area contributed by atoms with Crippen molar-refractivity contribution in [3.05, 3.63) is 101 Å². The summed E-state index contributed by atoms with van der Waals surface area (Å²) in [6.07, 6.45) is 0. The lowest BCUT2D eigenvalue weighted by molar-refractivity contribution is -0.123. The summed E-state index contributed by atoms with van der Waals surface area (Å²) in [5, 5.41) is 0. The van der Waals surface area contributed by atoms with Crippen molar-refractivity contribution >= 4 is 29.3 Å². The summed E-state index contributed by atoms with van der Waals surface area (Å²) in [7, 11) is 0. The van der Waals surface area contributed by atoms with E-state index in [1.807, 2.05) is 54.6 Å². The maximum Gasteiger partial charge on any atom is 0.268 e. The minimum atomic E-state index is -1.16. The zero-order chi connectivity index (χ0) is 20.7. The highest BCUT2D eigenvalue weighted by atomic mass is 32.2. The quantitative estimate of drug-likeness (QED) is 0.633. The summed E-state index contributed by atoms with van der Waals surface area (Å²) in [6, 6.07) is 23.3. The normalized spacial score (nSPS) is 20.1. The van der Waals surface area contributed by atoms with Crippen LogP contribution in [0.2, 0.25) is 0 Å². The van der Waals surface area contributed by atoms with E-state index < -0.39 is 16.6 Å². The van der Waals surface area contributed by atoms with Gasteiger partial charge in [0, 0.05) is 17.9 Å². The number of nitrogens with zero attached hydrogens (tertiary/aromatic N) is 2. The van der Waals surface area contributed by atoms with Gasteiger partial charge in [0.25, 0.3) is 11.8 Å². The third-order valence-corrected chi connectivity index (χ3v) is 7.05. The third-order valence-electron chi connectivity index (χ3n) is 5.63. The van der Waals surface area contributed by atoms with Gasteiger partial charge in [0.15, 0.2) is 4.87 Å². The first-order valence-corrected chi connectivity index (χ1v) is 10.8. The van der Waals surface area contributed by atoms with E-state index >= 15 is 0 Å². The van der Waals surface area contributed by atoms with Gasteiger partial charge < -0.3 is 9.80 Å². The molecular weight excluding hydrogens is 399 g/mol. The van der Waals surface area contributed by atoms with Crippen LogP contribution in [0.4, 0.5) is 10.1 Å². The molecule has 30 heavy (non-hydrogen) atoms. The van der Waals surface area contributed by atoms with Crippen LogP contribution in [0, 0.1) is 5.82 Å². The molecule has 1 spiro atoms. The molecule has 2 aliphatic rings. The number of para-hydroxylation sites is 1. The van der Waals surface area contributed by atoms with Crippen LogP contribution in [0.1, 0.15) is 21.5 Å². The first-order valence-electron chi connectivity index (χ1n) is 9.79. The maximum absolute atomic E-state index is 14.4. The predicted octanol–water partition coefficient (Wildman–Crippen LogP) is 4.41. The average Bonchev–Trinajstić information content (AvgIpc) is 3.32. The van der Waals surface area contributed by atoms with Crippen molar-refractivity contribution in [2.45, 2.75) is 11.4 Å². The lowest BCUT2D eigenvalue weighted by Crippen LogP contribution is -2.50. The number of thioether (sulfide) groups is 1. The van der Waals surface area contributed by atoms with Gasteiger partial charge in [0.1, 0.15) is 5.82 Å². The summed E-state index contributed by atoms with van der Waals surface area (Å²) >= 11 is 1.45. The number of hydrogen-bond donors (Lipinski definition) is 0. The van der Waals surface area contributed by atoms with Gasteiger partial charge in [0.2, 0.25) is 0 Å². The first kappa shape index (κ1) is 18.9. The fourth-order valence-corrected chi connectivity index (χ4v) is 5.73. The van der Waals surface area contributed by atoms with Crippen molar-refractivity contribution in [2.24, 2.45) is 0 Å². The van der Waals surface area contributed by atoms with E-state index in [1.54, 1.807) is 21.9 Å². The molecule has 0 unspecified atom stereocenters. The molecule has 0 aliphatic carbocycles. The smallest absolute Gasteiger partial charge is 0.268 e. The molecule has 150 valence electrons. The molecule has 2 heterocycles. The van der Waals surface area contributed by atoms with Crippen LogP contribution in [0.5, 0.6) is 0 Å². The number of carbonyl (C=O) groups excluding carboxylic acids is 2. The van der Waals surface area contributed by atoms with Crippen molar-refractivity contribution in [3.63, 3.8) is 0 Å². The molecule has 5 rings (SSSR count). The topological polar surface area (TPSA) is 40.6 Å². The van der Waals surface area contributed by atoms with Crippen LogP contribution < -0.4 is 4.90 Å². The van der Waals surface area contributed by atoms with Gasteiger partial charge in [-0.2, -0.15) is 0 Å². The number of anilines is 1. The maximum atomic E-state index is 14.4. The highest BCUT2D eigenvalue weighted by Crippen LogP contribution is 2.54. The number of halogens is 1. The lowest BCUT2D eigenvalue weighted by Gasteiger charge is -2.33. The molecule has 0 saturated carbocycles. The van der Waals surface area contributed by atoms with Gasteiger partial charge in [-0.1, -0.05) is 60.7 Å². The summed E-state index contributed by atoms with van der Waals surface area (Å²) in [4.78, 5) is 29.3. The Hall–Kier alpha value is -3.12. The molecule has 6 heteroatoms. The second kappa shape index (κ2) is 7.29. The number of hydrogen-bond acceptors (Lipinski definition) is 3. The van der Waals surface area contributed by atoms with Gasteiger partial charge in [-0.25, -0.2) is 4.39 Å². The molecule has 1 saturated heterocycles. The van der Waals surface area contributed by atoms with E-state index in [0.717, 1.165) is 16.8 Å². The van der Waals surface area contributed by atoms with E-state index in [1.165, 1.54) is 23.9 Å². The molecule has 1 fully saturated rings. The van der Waals surface area contributed by atoms with Gasteiger partial charge >= 0.3 is 0 Å². The van der Waals surface area contributed by atoms with E-state index in [9.17, 15) is 14.0 Å². The number of benzene rings is 3. The van der Waals surface area contributed by atoms with Crippen LogP contribution in [0.15, 0.2) is 78.9 Å². The Balaban J connectivity index is 1.59. The first-order chi connectivity index (χ1) is 14.6. The number of amides is 2. The van der Waals surface area contributed by atoms with Crippen LogP contribution in [0.25, 0.3) is 0 Å². The molecule has 2 amide bonds. The largest absolute Gasteiger partial charge is 0.311 e. The van der Waals surface area contributed by atoms with Crippen LogP contribution in [-0.4, -0.2) is 29.0 Å². The second-order valence-corrected chi connectivity index (χ2v) is 8.61. The Morgan fingerprint density at radius 2 is 1.67 bits per heavy atom. The molecule has 0 bridgehead atoms. The van der Waals surface area contributed by atoms with Crippen molar-refractivity contribution < 1.29 is 14.0 Å². The second-order valence-electron chi connectivity index (χ2n) is 7.32. The third kappa shape index (κ3) is 2.75. The zero-order valence-electron chi connectivity index (χ0n) is 16.1. The molecule has 0 N–H and O–H groups in total. The van der Waals surface area contributed by atoms with Crippen molar-refractivity contribution in [3.8, 4) is 0 Å². The SMILES string of the molecule is O=C(c1ccccc1F)N1CCS[C@]12C(=O)N(Cc1ccccc1)c1ccccc12. The molecule has 2 aliphatic heterocycles. The monoisotopic (exact) mass is 418 g/mol. The predicted molar refractivity (Wildman–Crippen MR) is 116 cm³/mol. The Kier molecular flexibility index (Phi) is 4.59. The molecule has 3 aromatic carbocycles. The summed E-state index contributed by atoms with van der Waals surface area (Å²) in [5.41, 5.74) is 2.59. The van der Waals surface area contributed by atoms with E-state index in [0.29, 0.717) is 18.8 Å². The fourth-order valence-electron chi connectivity index (χ4n) is 4.27. The summed E-state index contributed by atoms with van der Waals surface area (Å²) in [6.45, 7) is 0.803. The van der Waals surface area contributed by atoms with E-state index in [4.69, 9.17) is 0 Å².